The van der Waals surface area contributed by atoms with Crippen molar-refractivity contribution >= 4 is 15.9 Å². The average Bonchev–Trinajstić information content (AvgIpc) is 2.04. The van der Waals surface area contributed by atoms with Crippen LogP contribution in [0.1, 0.15) is 34.6 Å². The molecule has 0 bridgehead atoms. The normalized spacial score (nSPS) is 15.0. The SMILES string of the molecule is CCN(CC)CC(CBr)C(C)(C)C. The van der Waals surface area contributed by atoms with Crippen molar-refractivity contribution in [2.24, 2.45) is 11.3 Å². The first-order valence-electron chi connectivity index (χ1n) is 5.24. The average molecular weight is 250 g/mol. The summed E-state index contributed by atoms with van der Waals surface area (Å²) in [6.45, 7) is 15.0. The molecule has 80 valence electrons. The van der Waals surface area contributed by atoms with Crippen LogP contribution >= 0.6 is 15.9 Å². The molecule has 2 heteroatoms. The minimum atomic E-state index is 0.409. The van der Waals surface area contributed by atoms with Gasteiger partial charge in [0, 0.05) is 11.9 Å². The number of alkyl halides is 1. The van der Waals surface area contributed by atoms with Crippen molar-refractivity contribution in [3.05, 3.63) is 0 Å². The molecule has 1 atom stereocenters. The summed E-state index contributed by atoms with van der Waals surface area (Å²) in [5.74, 6) is 0.743. The van der Waals surface area contributed by atoms with Crippen molar-refractivity contribution in [2.75, 3.05) is 25.0 Å². The third kappa shape index (κ3) is 5.02. The molecule has 1 nitrogen and oxygen atoms in total. The summed E-state index contributed by atoms with van der Waals surface area (Å²) in [4.78, 5) is 2.50. The van der Waals surface area contributed by atoms with Gasteiger partial charge in [0.25, 0.3) is 0 Å². The highest BCUT2D eigenvalue weighted by Gasteiger charge is 2.24. The molecule has 13 heavy (non-hydrogen) atoms. The molecular formula is C11H24BrN. The minimum Gasteiger partial charge on any atom is -0.304 e. The lowest BCUT2D eigenvalue weighted by molar-refractivity contribution is 0.176. The zero-order chi connectivity index (χ0) is 10.5. The maximum absolute atomic E-state index is 3.61. The Labute approximate surface area is 92.0 Å². The highest BCUT2D eigenvalue weighted by atomic mass is 79.9. The van der Waals surface area contributed by atoms with Crippen LogP contribution in [0.3, 0.4) is 0 Å². The van der Waals surface area contributed by atoms with E-state index in [0.717, 1.165) is 24.3 Å². The number of halogens is 1. The van der Waals surface area contributed by atoms with Crippen molar-refractivity contribution in [3.63, 3.8) is 0 Å². The summed E-state index contributed by atoms with van der Waals surface area (Å²) in [6.07, 6.45) is 0. The van der Waals surface area contributed by atoms with E-state index < -0.39 is 0 Å². The Bertz CT molecular complexity index is 125. The van der Waals surface area contributed by atoms with Gasteiger partial charge in [-0.05, 0) is 24.4 Å². The molecule has 0 aromatic heterocycles. The van der Waals surface area contributed by atoms with E-state index in [-0.39, 0.29) is 0 Å². The monoisotopic (exact) mass is 249 g/mol. The van der Waals surface area contributed by atoms with E-state index in [9.17, 15) is 0 Å². The van der Waals surface area contributed by atoms with Crippen molar-refractivity contribution in [3.8, 4) is 0 Å². The fourth-order valence-electron chi connectivity index (χ4n) is 1.35. The third-order valence-electron chi connectivity index (χ3n) is 2.78. The molecule has 0 fully saturated rings. The molecule has 0 aromatic carbocycles. The lowest BCUT2D eigenvalue weighted by atomic mass is 9.82. The number of hydrogen-bond acceptors (Lipinski definition) is 1. The Morgan fingerprint density at radius 3 is 1.85 bits per heavy atom. The molecule has 0 aromatic rings. The third-order valence-corrected chi connectivity index (χ3v) is 3.57. The zero-order valence-electron chi connectivity index (χ0n) is 9.73. The van der Waals surface area contributed by atoms with E-state index >= 15 is 0 Å². The molecule has 0 heterocycles. The lowest BCUT2D eigenvalue weighted by Crippen LogP contribution is -2.36. The quantitative estimate of drug-likeness (QED) is 0.676. The number of nitrogens with zero attached hydrogens (tertiary/aromatic N) is 1. The van der Waals surface area contributed by atoms with Gasteiger partial charge in [-0.1, -0.05) is 50.5 Å². The molecule has 0 saturated heterocycles. The van der Waals surface area contributed by atoms with Gasteiger partial charge in [-0.25, -0.2) is 0 Å². The maximum atomic E-state index is 3.61. The van der Waals surface area contributed by atoms with Crippen molar-refractivity contribution in [1.29, 1.82) is 0 Å². The van der Waals surface area contributed by atoms with Gasteiger partial charge in [0.2, 0.25) is 0 Å². The minimum absolute atomic E-state index is 0.409. The Kier molecular flexibility index (Phi) is 6.23. The van der Waals surface area contributed by atoms with E-state index in [1.807, 2.05) is 0 Å². The van der Waals surface area contributed by atoms with Crippen LogP contribution in [0.25, 0.3) is 0 Å². The Balaban J connectivity index is 4.11. The molecular weight excluding hydrogens is 226 g/mol. The van der Waals surface area contributed by atoms with Crippen LogP contribution in [-0.4, -0.2) is 29.9 Å². The highest BCUT2D eigenvalue weighted by molar-refractivity contribution is 9.09. The lowest BCUT2D eigenvalue weighted by Gasteiger charge is -2.33. The van der Waals surface area contributed by atoms with Crippen molar-refractivity contribution < 1.29 is 0 Å². The smallest absolute Gasteiger partial charge is 0.00768 e. The molecule has 0 spiro atoms. The van der Waals surface area contributed by atoms with Crippen molar-refractivity contribution in [1.82, 2.24) is 4.90 Å². The Morgan fingerprint density at radius 2 is 1.62 bits per heavy atom. The van der Waals surface area contributed by atoms with Gasteiger partial charge in [-0.2, -0.15) is 0 Å². The summed E-state index contributed by atoms with van der Waals surface area (Å²) >= 11 is 3.61. The van der Waals surface area contributed by atoms with Crippen LogP contribution in [-0.2, 0) is 0 Å². The molecule has 0 rings (SSSR count). The molecule has 0 aliphatic carbocycles. The first-order chi connectivity index (χ1) is 5.95. The first kappa shape index (κ1) is 13.4. The summed E-state index contributed by atoms with van der Waals surface area (Å²) in [5.41, 5.74) is 0.409. The zero-order valence-corrected chi connectivity index (χ0v) is 11.3. The van der Waals surface area contributed by atoms with E-state index in [0.29, 0.717) is 5.41 Å². The van der Waals surface area contributed by atoms with Crippen LogP contribution in [0.2, 0.25) is 0 Å². The molecule has 0 radical (unpaired) electrons. The van der Waals surface area contributed by atoms with Crippen molar-refractivity contribution in [2.45, 2.75) is 34.6 Å². The molecule has 0 aliphatic rings. The highest BCUT2D eigenvalue weighted by Crippen LogP contribution is 2.28. The predicted octanol–water partition coefficient (Wildman–Crippen LogP) is 3.39. The van der Waals surface area contributed by atoms with E-state index in [1.54, 1.807) is 0 Å². The number of hydrogen-bond donors (Lipinski definition) is 0. The van der Waals surface area contributed by atoms with Gasteiger partial charge < -0.3 is 4.90 Å². The van der Waals surface area contributed by atoms with Crippen LogP contribution in [0, 0.1) is 11.3 Å². The summed E-state index contributed by atoms with van der Waals surface area (Å²) in [6, 6.07) is 0. The summed E-state index contributed by atoms with van der Waals surface area (Å²) < 4.78 is 0. The van der Waals surface area contributed by atoms with Crippen LogP contribution in [0.5, 0.6) is 0 Å². The molecule has 0 amide bonds. The maximum Gasteiger partial charge on any atom is 0.00768 e. The fraction of sp³-hybridized carbons (Fsp3) is 1.00. The molecule has 0 aliphatic heterocycles. The van der Waals surface area contributed by atoms with Crippen LogP contribution in [0.15, 0.2) is 0 Å². The number of rotatable bonds is 5. The summed E-state index contributed by atoms with van der Waals surface area (Å²) in [5, 5.41) is 1.10. The second-order valence-electron chi connectivity index (χ2n) is 4.70. The van der Waals surface area contributed by atoms with Gasteiger partial charge in [-0.15, -0.1) is 0 Å². The van der Waals surface area contributed by atoms with Gasteiger partial charge in [0.1, 0.15) is 0 Å². The molecule has 0 saturated carbocycles. The van der Waals surface area contributed by atoms with E-state index in [4.69, 9.17) is 0 Å². The standard InChI is InChI=1S/C11H24BrN/c1-6-13(7-2)9-10(8-12)11(3,4)5/h10H,6-9H2,1-5H3. The topological polar surface area (TPSA) is 3.24 Å². The van der Waals surface area contributed by atoms with Crippen LogP contribution in [0.4, 0.5) is 0 Å². The molecule has 0 N–H and O–H groups in total. The van der Waals surface area contributed by atoms with Gasteiger partial charge in [-0.3, -0.25) is 0 Å². The largest absolute Gasteiger partial charge is 0.304 e. The summed E-state index contributed by atoms with van der Waals surface area (Å²) in [7, 11) is 0. The fourth-order valence-corrected chi connectivity index (χ4v) is 2.52. The van der Waals surface area contributed by atoms with Gasteiger partial charge >= 0.3 is 0 Å². The molecule has 1 unspecified atom stereocenters. The second kappa shape index (κ2) is 6.02. The Morgan fingerprint density at radius 1 is 1.15 bits per heavy atom. The predicted molar refractivity (Wildman–Crippen MR) is 64.5 cm³/mol. The van der Waals surface area contributed by atoms with E-state index in [2.05, 4.69) is 55.4 Å². The Hall–Kier alpha value is 0.440. The van der Waals surface area contributed by atoms with Gasteiger partial charge in [0.15, 0.2) is 0 Å². The van der Waals surface area contributed by atoms with Gasteiger partial charge in [0.05, 0.1) is 0 Å². The van der Waals surface area contributed by atoms with Crippen LogP contribution < -0.4 is 0 Å². The first-order valence-corrected chi connectivity index (χ1v) is 6.36. The second-order valence-corrected chi connectivity index (χ2v) is 5.35. The van der Waals surface area contributed by atoms with E-state index in [1.165, 1.54) is 6.54 Å².